The highest BCUT2D eigenvalue weighted by atomic mass is 79.9. The molecule has 0 saturated carbocycles. The lowest BCUT2D eigenvalue weighted by molar-refractivity contribution is 0.472. The van der Waals surface area contributed by atoms with Gasteiger partial charge in [0.05, 0.1) is 4.47 Å². The monoisotopic (exact) mass is 213 g/mol. The second kappa shape index (κ2) is 3.05. The fourth-order valence-corrected chi connectivity index (χ4v) is 1.12. The number of phenolic OH excluding ortho intramolecular Hbond substituents is 1. The van der Waals surface area contributed by atoms with E-state index in [0.717, 1.165) is 5.56 Å². The molecule has 0 aromatic heterocycles. The fourth-order valence-electron chi connectivity index (χ4n) is 0.740. The number of nitrogens with one attached hydrogen (secondary N) is 1. The topological polar surface area (TPSA) is 44.1 Å². The summed E-state index contributed by atoms with van der Waals surface area (Å²) in [6.45, 7) is 1.71. The Morgan fingerprint density at radius 3 is 2.64 bits per heavy atom. The van der Waals surface area contributed by atoms with Gasteiger partial charge < -0.3 is 10.5 Å². The van der Waals surface area contributed by atoms with Crippen LogP contribution in [0.4, 0.5) is 0 Å². The molecule has 0 heterocycles. The highest BCUT2D eigenvalue weighted by Gasteiger charge is 1.99. The molecule has 0 atom stereocenters. The maximum absolute atomic E-state index is 9.11. The predicted octanol–water partition coefficient (Wildman–Crippen LogP) is 2.54. The quantitative estimate of drug-likeness (QED) is 0.693. The molecule has 1 aromatic carbocycles. The van der Waals surface area contributed by atoms with Gasteiger partial charge in [0, 0.05) is 5.71 Å². The van der Waals surface area contributed by atoms with E-state index in [2.05, 4.69) is 15.9 Å². The van der Waals surface area contributed by atoms with Crippen LogP contribution < -0.4 is 0 Å². The Bertz CT molecular complexity index is 296. The average Bonchev–Trinajstić information content (AvgIpc) is 1.94. The maximum Gasteiger partial charge on any atom is 0.129 e. The molecular formula is C8H8BrNO. The standard InChI is InChI=1S/C8H8BrNO/c1-5(10)6-2-3-8(11)7(9)4-6/h2-4,10-11H,1H3. The molecule has 1 aromatic rings. The molecular weight excluding hydrogens is 206 g/mol. The van der Waals surface area contributed by atoms with Crippen molar-refractivity contribution >= 4 is 21.6 Å². The summed E-state index contributed by atoms with van der Waals surface area (Å²) in [5.41, 5.74) is 1.31. The van der Waals surface area contributed by atoms with E-state index in [0.29, 0.717) is 10.2 Å². The number of rotatable bonds is 1. The zero-order chi connectivity index (χ0) is 8.43. The molecule has 0 spiro atoms. The van der Waals surface area contributed by atoms with E-state index < -0.39 is 0 Å². The minimum absolute atomic E-state index is 0.204. The first-order valence-corrected chi connectivity index (χ1v) is 3.94. The van der Waals surface area contributed by atoms with Crippen LogP contribution in [0.2, 0.25) is 0 Å². The van der Waals surface area contributed by atoms with Gasteiger partial charge in [-0.15, -0.1) is 0 Å². The molecule has 0 aliphatic heterocycles. The minimum Gasteiger partial charge on any atom is -0.507 e. The summed E-state index contributed by atoms with van der Waals surface area (Å²) in [7, 11) is 0. The van der Waals surface area contributed by atoms with Crippen LogP contribution in [0.15, 0.2) is 22.7 Å². The van der Waals surface area contributed by atoms with Crippen LogP contribution in [-0.2, 0) is 0 Å². The van der Waals surface area contributed by atoms with Gasteiger partial charge in [0.2, 0.25) is 0 Å². The molecule has 58 valence electrons. The van der Waals surface area contributed by atoms with Crippen molar-refractivity contribution in [3.8, 4) is 5.75 Å². The van der Waals surface area contributed by atoms with E-state index in [1.807, 2.05) is 0 Å². The lowest BCUT2D eigenvalue weighted by Gasteiger charge is -1.99. The molecule has 2 nitrogen and oxygen atoms in total. The number of halogens is 1. The van der Waals surface area contributed by atoms with Crippen molar-refractivity contribution in [2.75, 3.05) is 0 Å². The minimum atomic E-state index is 0.204. The second-order valence-electron chi connectivity index (χ2n) is 2.29. The summed E-state index contributed by atoms with van der Waals surface area (Å²) < 4.78 is 0.626. The molecule has 11 heavy (non-hydrogen) atoms. The Morgan fingerprint density at radius 2 is 2.18 bits per heavy atom. The van der Waals surface area contributed by atoms with Gasteiger partial charge in [0.1, 0.15) is 5.75 Å². The third-order valence-electron chi connectivity index (χ3n) is 1.38. The molecule has 0 radical (unpaired) electrons. The summed E-state index contributed by atoms with van der Waals surface area (Å²) in [5.74, 6) is 0.204. The molecule has 2 N–H and O–H groups in total. The van der Waals surface area contributed by atoms with Gasteiger partial charge in [0.15, 0.2) is 0 Å². The first-order valence-electron chi connectivity index (χ1n) is 3.15. The summed E-state index contributed by atoms with van der Waals surface area (Å²) in [5, 5.41) is 16.4. The van der Waals surface area contributed by atoms with Gasteiger partial charge in [0.25, 0.3) is 0 Å². The number of phenols is 1. The van der Waals surface area contributed by atoms with Gasteiger partial charge in [-0.25, -0.2) is 0 Å². The van der Waals surface area contributed by atoms with Crippen LogP contribution in [0.1, 0.15) is 12.5 Å². The molecule has 1 rings (SSSR count). The summed E-state index contributed by atoms with van der Waals surface area (Å²) >= 11 is 3.17. The third-order valence-corrected chi connectivity index (χ3v) is 2.02. The molecule has 0 unspecified atom stereocenters. The Hall–Kier alpha value is -0.830. The molecule has 0 aliphatic rings. The third kappa shape index (κ3) is 1.80. The van der Waals surface area contributed by atoms with Crippen molar-refractivity contribution in [2.24, 2.45) is 0 Å². The fraction of sp³-hybridized carbons (Fsp3) is 0.125. The molecule has 0 aliphatic carbocycles. The van der Waals surface area contributed by atoms with Crippen LogP contribution in [0.25, 0.3) is 0 Å². The van der Waals surface area contributed by atoms with Crippen molar-refractivity contribution in [2.45, 2.75) is 6.92 Å². The van der Waals surface area contributed by atoms with Crippen molar-refractivity contribution in [3.63, 3.8) is 0 Å². The van der Waals surface area contributed by atoms with Crippen LogP contribution in [0.5, 0.6) is 5.75 Å². The molecule has 3 heteroatoms. The van der Waals surface area contributed by atoms with Gasteiger partial charge in [-0.2, -0.15) is 0 Å². The van der Waals surface area contributed by atoms with Gasteiger partial charge in [-0.05, 0) is 46.6 Å². The van der Waals surface area contributed by atoms with E-state index in [-0.39, 0.29) is 5.75 Å². The molecule has 0 amide bonds. The van der Waals surface area contributed by atoms with E-state index in [1.165, 1.54) is 0 Å². The summed E-state index contributed by atoms with van der Waals surface area (Å²) in [4.78, 5) is 0. The molecule has 0 fully saturated rings. The van der Waals surface area contributed by atoms with Gasteiger partial charge >= 0.3 is 0 Å². The first kappa shape index (κ1) is 8.27. The van der Waals surface area contributed by atoms with E-state index in [4.69, 9.17) is 10.5 Å². The van der Waals surface area contributed by atoms with Crippen LogP contribution in [-0.4, -0.2) is 10.8 Å². The lowest BCUT2D eigenvalue weighted by Crippen LogP contribution is -1.90. The average molecular weight is 214 g/mol. The second-order valence-corrected chi connectivity index (χ2v) is 3.15. The first-order chi connectivity index (χ1) is 5.11. The van der Waals surface area contributed by atoms with Crippen molar-refractivity contribution in [1.82, 2.24) is 0 Å². The largest absolute Gasteiger partial charge is 0.507 e. The number of benzene rings is 1. The lowest BCUT2D eigenvalue weighted by atomic mass is 10.1. The predicted molar refractivity (Wildman–Crippen MR) is 48.3 cm³/mol. The van der Waals surface area contributed by atoms with Crippen LogP contribution in [0.3, 0.4) is 0 Å². The van der Waals surface area contributed by atoms with Crippen molar-refractivity contribution < 1.29 is 5.11 Å². The molecule has 0 saturated heterocycles. The summed E-state index contributed by atoms with van der Waals surface area (Å²) in [6.07, 6.45) is 0. The highest BCUT2D eigenvalue weighted by Crippen LogP contribution is 2.24. The van der Waals surface area contributed by atoms with Crippen LogP contribution in [0, 0.1) is 5.41 Å². The molecule has 0 bridgehead atoms. The normalized spacial score (nSPS) is 9.64. The van der Waals surface area contributed by atoms with Crippen LogP contribution >= 0.6 is 15.9 Å². The van der Waals surface area contributed by atoms with Gasteiger partial charge in [-0.1, -0.05) is 0 Å². The maximum atomic E-state index is 9.11. The number of aromatic hydroxyl groups is 1. The Kier molecular flexibility index (Phi) is 2.29. The zero-order valence-electron chi connectivity index (χ0n) is 6.06. The van der Waals surface area contributed by atoms with Crippen molar-refractivity contribution in [1.29, 1.82) is 5.41 Å². The Labute approximate surface area is 73.5 Å². The van der Waals surface area contributed by atoms with E-state index in [1.54, 1.807) is 25.1 Å². The van der Waals surface area contributed by atoms with E-state index >= 15 is 0 Å². The smallest absolute Gasteiger partial charge is 0.129 e. The van der Waals surface area contributed by atoms with Gasteiger partial charge in [-0.3, -0.25) is 0 Å². The number of hydrogen-bond acceptors (Lipinski definition) is 2. The number of hydrogen-bond donors (Lipinski definition) is 2. The van der Waals surface area contributed by atoms with E-state index in [9.17, 15) is 0 Å². The zero-order valence-corrected chi connectivity index (χ0v) is 7.64. The SMILES string of the molecule is CC(=N)c1ccc(O)c(Br)c1. The highest BCUT2D eigenvalue weighted by molar-refractivity contribution is 9.10. The Morgan fingerprint density at radius 1 is 1.55 bits per heavy atom. The Balaban J connectivity index is 3.15. The van der Waals surface area contributed by atoms with Crippen molar-refractivity contribution in [3.05, 3.63) is 28.2 Å². The summed E-state index contributed by atoms with van der Waals surface area (Å²) in [6, 6.07) is 5.00.